The summed E-state index contributed by atoms with van der Waals surface area (Å²) in [5, 5.41) is 1.04. The van der Waals surface area contributed by atoms with Gasteiger partial charge in [0.05, 0.1) is 24.5 Å². The number of carbonyl (C=O) groups is 3. The molecule has 7 rings (SSSR count). The lowest BCUT2D eigenvalue weighted by atomic mass is 9.81. The minimum Gasteiger partial charge on any atom is -0.497 e. The first-order valence-corrected chi connectivity index (χ1v) is 19.7. The molecule has 3 aromatic rings. The van der Waals surface area contributed by atoms with Crippen molar-refractivity contribution in [3.05, 3.63) is 53.1 Å². The summed E-state index contributed by atoms with van der Waals surface area (Å²) in [6.45, 7) is 7.85. The molecule has 1 saturated heterocycles. The van der Waals surface area contributed by atoms with Crippen molar-refractivity contribution in [2.75, 3.05) is 39.5 Å². The van der Waals surface area contributed by atoms with Gasteiger partial charge in [0, 0.05) is 60.7 Å². The standard InChI is InChI=1S/C38H48N4O7S/c1-37(2,3)49-36(45)41-17-9-16-40(18-19-41)35(44)38-22-30(38)29-21-26(48-4)13-15-27(29)33-32(24-10-7-6-8-11-24)28-14-12-25(20-31(28)42(33)23-38)34(43)39-50(5,46)47/h12-15,20-21,24,30H,6-11,16-19,22-23H2,1-5H3,(H,39,43). The molecule has 50 heavy (non-hydrogen) atoms. The number of nitrogens with zero attached hydrogens (tertiary/aromatic N) is 3. The molecular formula is C38H48N4O7S. The van der Waals surface area contributed by atoms with Crippen molar-refractivity contribution in [3.63, 3.8) is 0 Å². The second-order valence-corrected chi connectivity index (χ2v) is 17.3. The van der Waals surface area contributed by atoms with Gasteiger partial charge in [0.25, 0.3) is 5.91 Å². The number of hydrogen-bond donors (Lipinski definition) is 1. The van der Waals surface area contributed by atoms with E-state index < -0.39 is 26.9 Å². The first-order valence-electron chi connectivity index (χ1n) is 17.8. The fraction of sp³-hybridized carbons (Fsp3) is 0.553. The molecule has 11 nitrogen and oxygen atoms in total. The fourth-order valence-electron chi connectivity index (χ4n) is 8.59. The summed E-state index contributed by atoms with van der Waals surface area (Å²) in [5.41, 5.74) is 4.24. The molecule has 268 valence electrons. The number of amides is 3. The first-order chi connectivity index (χ1) is 23.7. The average Bonchev–Trinajstić information content (AvgIpc) is 3.79. The monoisotopic (exact) mass is 704 g/mol. The van der Waals surface area contributed by atoms with Crippen molar-refractivity contribution >= 4 is 38.8 Å². The van der Waals surface area contributed by atoms with Gasteiger partial charge in [-0.1, -0.05) is 25.3 Å². The second kappa shape index (κ2) is 12.6. The maximum atomic E-state index is 14.9. The molecule has 0 spiro atoms. The van der Waals surface area contributed by atoms with Crippen LogP contribution >= 0.6 is 0 Å². The van der Waals surface area contributed by atoms with Gasteiger partial charge in [-0.15, -0.1) is 0 Å². The smallest absolute Gasteiger partial charge is 0.410 e. The molecule has 12 heteroatoms. The van der Waals surface area contributed by atoms with E-state index in [1.807, 2.05) is 37.8 Å². The number of sulfonamides is 1. The summed E-state index contributed by atoms with van der Waals surface area (Å²) in [7, 11) is -2.11. The molecule has 3 amide bonds. The van der Waals surface area contributed by atoms with Crippen molar-refractivity contribution < 1.29 is 32.3 Å². The van der Waals surface area contributed by atoms with E-state index in [-0.39, 0.29) is 23.5 Å². The summed E-state index contributed by atoms with van der Waals surface area (Å²) < 4.78 is 39.7. The third-order valence-electron chi connectivity index (χ3n) is 10.9. The van der Waals surface area contributed by atoms with Crippen LogP contribution in [0.3, 0.4) is 0 Å². The van der Waals surface area contributed by atoms with Gasteiger partial charge in [-0.05, 0) is 93.8 Å². The lowest BCUT2D eigenvalue weighted by Gasteiger charge is -2.28. The van der Waals surface area contributed by atoms with E-state index in [2.05, 4.69) is 21.4 Å². The lowest BCUT2D eigenvalue weighted by molar-refractivity contribution is -0.137. The Hall–Kier alpha value is -4.06. The van der Waals surface area contributed by atoms with E-state index in [1.165, 1.54) is 12.0 Å². The molecule has 2 atom stereocenters. The van der Waals surface area contributed by atoms with Gasteiger partial charge < -0.3 is 23.8 Å². The Bertz CT molecular complexity index is 1970. The van der Waals surface area contributed by atoms with Crippen LogP contribution in [0, 0.1) is 5.41 Å². The Morgan fingerprint density at radius 3 is 2.34 bits per heavy atom. The molecule has 3 fully saturated rings. The van der Waals surface area contributed by atoms with Crippen LogP contribution in [0.1, 0.15) is 99.0 Å². The zero-order valence-corrected chi connectivity index (χ0v) is 30.5. The first kappa shape index (κ1) is 34.4. The Morgan fingerprint density at radius 1 is 0.920 bits per heavy atom. The van der Waals surface area contributed by atoms with Crippen LogP contribution in [0.2, 0.25) is 0 Å². The number of fused-ring (bicyclic) bond motifs is 7. The zero-order chi connectivity index (χ0) is 35.6. The number of methoxy groups -OCH3 is 1. The lowest BCUT2D eigenvalue weighted by Crippen LogP contribution is -2.43. The molecule has 1 N–H and O–H groups in total. The zero-order valence-electron chi connectivity index (χ0n) is 29.7. The summed E-state index contributed by atoms with van der Waals surface area (Å²) in [6.07, 6.45) is 7.53. The molecule has 2 aromatic carbocycles. The topological polar surface area (TPSA) is 127 Å². The summed E-state index contributed by atoms with van der Waals surface area (Å²) in [6, 6.07) is 11.6. The maximum Gasteiger partial charge on any atom is 0.410 e. The molecule has 3 heterocycles. The van der Waals surface area contributed by atoms with Crippen molar-refractivity contribution in [1.82, 2.24) is 19.1 Å². The van der Waals surface area contributed by atoms with E-state index >= 15 is 0 Å². The fourth-order valence-corrected chi connectivity index (χ4v) is 9.05. The molecule has 0 radical (unpaired) electrons. The highest BCUT2D eigenvalue weighted by atomic mass is 32.2. The Kier molecular flexibility index (Phi) is 8.68. The molecule has 1 aromatic heterocycles. The van der Waals surface area contributed by atoms with E-state index in [0.717, 1.165) is 65.4 Å². The van der Waals surface area contributed by atoms with Gasteiger partial charge in [0.2, 0.25) is 15.9 Å². The summed E-state index contributed by atoms with van der Waals surface area (Å²) in [5.74, 6) is 0.414. The number of benzene rings is 2. The van der Waals surface area contributed by atoms with Crippen LogP contribution in [0.5, 0.6) is 5.75 Å². The molecule has 0 bridgehead atoms. The number of carbonyl (C=O) groups excluding carboxylic acids is 3. The molecule has 2 saturated carbocycles. The van der Waals surface area contributed by atoms with Crippen LogP contribution in [0.15, 0.2) is 36.4 Å². The van der Waals surface area contributed by atoms with E-state index in [4.69, 9.17) is 9.47 Å². The van der Waals surface area contributed by atoms with E-state index in [1.54, 1.807) is 24.1 Å². The van der Waals surface area contributed by atoms with Crippen LogP contribution in [0.25, 0.3) is 22.2 Å². The number of aromatic nitrogens is 1. The maximum absolute atomic E-state index is 14.9. The summed E-state index contributed by atoms with van der Waals surface area (Å²) in [4.78, 5) is 44.6. The number of rotatable bonds is 5. The molecule has 4 aliphatic rings. The second-order valence-electron chi connectivity index (χ2n) is 15.6. The summed E-state index contributed by atoms with van der Waals surface area (Å²) >= 11 is 0. The quantitative estimate of drug-likeness (QED) is 0.345. The van der Waals surface area contributed by atoms with Gasteiger partial charge in [-0.3, -0.25) is 9.59 Å². The average molecular weight is 705 g/mol. The van der Waals surface area contributed by atoms with Crippen LogP contribution < -0.4 is 9.46 Å². The third-order valence-corrected chi connectivity index (χ3v) is 11.5. The van der Waals surface area contributed by atoms with Gasteiger partial charge in [-0.25, -0.2) is 17.9 Å². The van der Waals surface area contributed by atoms with Crippen molar-refractivity contribution in [1.29, 1.82) is 0 Å². The molecule has 2 aliphatic heterocycles. The van der Waals surface area contributed by atoms with Crippen molar-refractivity contribution in [2.45, 2.75) is 89.7 Å². The Balaban J connectivity index is 1.34. The van der Waals surface area contributed by atoms with Crippen LogP contribution in [0.4, 0.5) is 4.79 Å². The largest absolute Gasteiger partial charge is 0.497 e. The number of hydrogen-bond acceptors (Lipinski definition) is 7. The van der Waals surface area contributed by atoms with Gasteiger partial charge in [-0.2, -0.15) is 0 Å². The van der Waals surface area contributed by atoms with E-state index in [0.29, 0.717) is 51.5 Å². The highest BCUT2D eigenvalue weighted by Crippen LogP contribution is 2.66. The number of nitrogens with one attached hydrogen (secondary N) is 1. The number of ether oxygens (including phenoxy) is 2. The predicted molar refractivity (Wildman–Crippen MR) is 191 cm³/mol. The Labute approximate surface area is 294 Å². The highest BCUT2D eigenvalue weighted by Gasteiger charge is 2.64. The Morgan fingerprint density at radius 2 is 1.64 bits per heavy atom. The SMILES string of the molecule is COc1ccc2c(c1)C1CC1(C(=O)N1CCCN(C(=O)OC(C)(C)C)CC1)Cn1c-2c(C2CCCCC2)c2ccc(C(=O)NS(C)(=O)=O)cc21. The molecule has 2 unspecified atom stereocenters. The van der Waals surface area contributed by atoms with Crippen LogP contribution in [-0.2, 0) is 26.1 Å². The minimum absolute atomic E-state index is 0.0313. The minimum atomic E-state index is -3.76. The van der Waals surface area contributed by atoms with E-state index in [9.17, 15) is 22.8 Å². The van der Waals surface area contributed by atoms with Gasteiger partial charge in [0.1, 0.15) is 11.4 Å². The normalized spacial score (nSPS) is 22.5. The predicted octanol–water partition coefficient (Wildman–Crippen LogP) is 6.01. The van der Waals surface area contributed by atoms with Crippen molar-refractivity contribution in [2.24, 2.45) is 5.41 Å². The highest BCUT2D eigenvalue weighted by molar-refractivity contribution is 7.89. The molecular weight excluding hydrogens is 657 g/mol. The van der Waals surface area contributed by atoms with Gasteiger partial charge >= 0.3 is 6.09 Å². The van der Waals surface area contributed by atoms with Gasteiger partial charge in [0.15, 0.2) is 0 Å². The van der Waals surface area contributed by atoms with Crippen molar-refractivity contribution in [3.8, 4) is 17.0 Å². The molecule has 2 aliphatic carbocycles. The third kappa shape index (κ3) is 6.35. The van der Waals surface area contributed by atoms with Crippen LogP contribution in [-0.4, -0.2) is 85.8 Å².